The molecule has 1 amide bonds. The summed E-state index contributed by atoms with van der Waals surface area (Å²) in [7, 11) is 0. The predicted octanol–water partition coefficient (Wildman–Crippen LogP) is 4.34. The molecule has 4 unspecified atom stereocenters. The Morgan fingerprint density at radius 3 is 2.67 bits per heavy atom. The van der Waals surface area contributed by atoms with E-state index in [9.17, 15) is 14.4 Å². The Labute approximate surface area is 196 Å². The van der Waals surface area contributed by atoms with Gasteiger partial charge in [-0.05, 0) is 42.7 Å². The number of ketones is 1. The Bertz CT molecular complexity index is 994. The first-order valence-electron chi connectivity index (χ1n) is 11.9. The van der Waals surface area contributed by atoms with Crippen LogP contribution in [0.1, 0.15) is 45.1 Å². The van der Waals surface area contributed by atoms with Gasteiger partial charge < -0.3 is 10.1 Å². The van der Waals surface area contributed by atoms with Crippen LogP contribution in [0.15, 0.2) is 66.8 Å². The van der Waals surface area contributed by atoms with Crippen LogP contribution >= 0.6 is 0 Å². The third-order valence-electron chi connectivity index (χ3n) is 7.65. The number of nitrogens with one attached hydrogen (secondary N) is 1. The van der Waals surface area contributed by atoms with Crippen LogP contribution in [0.4, 0.5) is 0 Å². The molecule has 2 aliphatic carbocycles. The van der Waals surface area contributed by atoms with Gasteiger partial charge in [-0.15, -0.1) is 0 Å². The molecule has 1 saturated carbocycles. The molecule has 1 heterocycles. The summed E-state index contributed by atoms with van der Waals surface area (Å²) in [4.78, 5) is 38.4. The lowest BCUT2D eigenvalue weighted by Gasteiger charge is -2.50. The van der Waals surface area contributed by atoms with Gasteiger partial charge in [0.15, 0.2) is 0 Å². The average molecular weight is 448 g/mol. The summed E-state index contributed by atoms with van der Waals surface area (Å²) in [5.74, 6) is -0.588. The van der Waals surface area contributed by atoms with E-state index in [1.807, 2.05) is 24.3 Å². The van der Waals surface area contributed by atoms with Crippen molar-refractivity contribution in [2.75, 3.05) is 0 Å². The number of hydrogen-bond acceptors (Lipinski definition) is 4. The zero-order valence-corrected chi connectivity index (χ0v) is 19.5. The number of hydrogen-bond donors (Lipinski definition) is 1. The van der Waals surface area contributed by atoms with Crippen molar-refractivity contribution in [1.82, 2.24) is 5.32 Å². The topological polar surface area (TPSA) is 72.5 Å². The lowest BCUT2D eigenvalue weighted by Crippen LogP contribution is -2.56. The van der Waals surface area contributed by atoms with Crippen LogP contribution in [0, 0.1) is 23.2 Å². The van der Waals surface area contributed by atoms with E-state index in [-0.39, 0.29) is 41.9 Å². The zero-order chi connectivity index (χ0) is 23.6. The lowest BCUT2D eigenvalue weighted by molar-refractivity contribution is -0.161. The molecule has 1 aromatic rings. The smallest absolute Gasteiger partial charge is 0.303 e. The summed E-state index contributed by atoms with van der Waals surface area (Å²) < 4.78 is 5.86. The van der Waals surface area contributed by atoms with Gasteiger partial charge in [0.05, 0.1) is 0 Å². The zero-order valence-electron chi connectivity index (χ0n) is 19.5. The minimum atomic E-state index is -0.952. The van der Waals surface area contributed by atoms with Crippen LogP contribution in [0.5, 0.6) is 0 Å². The van der Waals surface area contributed by atoms with Crippen molar-refractivity contribution in [2.45, 2.75) is 58.1 Å². The van der Waals surface area contributed by atoms with Crippen molar-refractivity contribution in [3.05, 3.63) is 72.4 Å². The van der Waals surface area contributed by atoms with E-state index in [4.69, 9.17) is 4.74 Å². The fourth-order valence-electron chi connectivity index (χ4n) is 6.14. The number of esters is 1. The number of allylic oxidation sites excluding steroid dienone is 4. The monoisotopic (exact) mass is 447 g/mol. The molecular formula is C28H33NO4. The summed E-state index contributed by atoms with van der Waals surface area (Å²) in [6.07, 6.45) is 9.60. The van der Waals surface area contributed by atoms with Crippen LogP contribution in [-0.2, 0) is 25.5 Å². The largest absolute Gasteiger partial charge is 0.457 e. The van der Waals surface area contributed by atoms with Gasteiger partial charge in [0.25, 0.3) is 0 Å². The van der Waals surface area contributed by atoms with Gasteiger partial charge in [0.2, 0.25) is 5.91 Å². The molecule has 0 radical (unpaired) electrons. The molecule has 2 fully saturated rings. The Morgan fingerprint density at radius 2 is 1.94 bits per heavy atom. The summed E-state index contributed by atoms with van der Waals surface area (Å²) in [5.41, 5.74) is 1.31. The molecule has 33 heavy (non-hydrogen) atoms. The van der Waals surface area contributed by atoms with Crippen molar-refractivity contribution < 1.29 is 19.1 Å². The minimum absolute atomic E-state index is 0.0699. The van der Waals surface area contributed by atoms with Crippen molar-refractivity contribution in [3.8, 4) is 0 Å². The predicted molar refractivity (Wildman–Crippen MR) is 127 cm³/mol. The maximum Gasteiger partial charge on any atom is 0.303 e. The number of rotatable bonds is 3. The number of Topliss-reactive ketones (excluding diaryl/α,β-unsaturated/α-hetero) is 1. The van der Waals surface area contributed by atoms with Gasteiger partial charge >= 0.3 is 5.97 Å². The molecular weight excluding hydrogens is 414 g/mol. The Hall–Kier alpha value is -2.95. The van der Waals surface area contributed by atoms with Gasteiger partial charge in [0.1, 0.15) is 17.3 Å². The lowest BCUT2D eigenvalue weighted by atomic mass is 9.52. The highest BCUT2D eigenvalue weighted by atomic mass is 16.5. The molecule has 3 aliphatic rings. The van der Waals surface area contributed by atoms with E-state index in [0.29, 0.717) is 25.7 Å². The van der Waals surface area contributed by atoms with E-state index in [2.05, 4.69) is 37.0 Å². The molecule has 174 valence electrons. The molecule has 4 rings (SSSR count). The maximum absolute atomic E-state index is 14.0. The second-order valence-corrected chi connectivity index (χ2v) is 9.65. The molecule has 1 aromatic carbocycles. The summed E-state index contributed by atoms with van der Waals surface area (Å²) >= 11 is 0. The number of ether oxygens (including phenoxy) is 1. The van der Waals surface area contributed by atoms with Crippen LogP contribution in [-0.4, -0.2) is 29.8 Å². The van der Waals surface area contributed by atoms with Gasteiger partial charge in [-0.1, -0.05) is 67.6 Å². The molecule has 0 aromatic heterocycles. The first-order valence-corrected chi connectivity index (χ1v) is 11.9. The van der Waals surface area contributed by atoms with E-state index in [0.717, 1.165) is 11.1 Å². The molecule has 1 aliphatic heterocycles. The van der Waals surface area contributed by atoms with Crippen LogP contribution in [0.3, 0.4) is 0 Å². The minimum Gasteiger partial charge on any atom is -0.457 e. The van der Waals surface area contributed by atoms with Gasteiger partial charge in [-0.2, -0.15) is 0 Å². The second-order valence-electron chi connectivity index (χ2n) is 9.65. The number of benzene rings is 1. The first kappa shape index (κ1) is 23.2. The highest BCUT2D eigenvalue weighted by molar-refractivity contribution is 5.89. The third kappa shape index (κ3) is 4.33. The van der Waals surface area contributed by atoms with E-state index in [1.54, 1.807) is 12.2 Å². The van der Waals surface area contributed by atoms with Crippen molar-refractivity contribution in [2.24, 2.45) is 23.2 Å². The van der Waals surface area contributed by atoms with Crippen molar-refractivity contribution in [1.29, 1.82) is 0 Å². The fourth-order valence-corrected chi connectivity index (χ4v) is 6.14. The molecule has 1 saturated heterocycles. The SMILES string of the molecule is C=C1C[C@@H]2/C=C/CCC(=O)C/C=C/C(OC(C)=O)C23C(=O)NC(Cc2ccccc2)C3[C@@H]1C. The number of carbonyl (C=O) groups excluding carboxylic acids is 3. The normalized spacial score (nSPS) is 36.1. The summed E-state index contributed by atoms with van der Waals surface area (Å²) in [6, 6.07) is 10.0. The van der Waals surface area contributed by atoms with Crippen LogP contribution < -0.4 is 5.32 Å². The average Bonchev–Trinajstić information content (AvgIpc) is 3.05. The molecule has 1 spiro atoms. The Balaban J connectivity index is 1.85. The van der Waals surface area contributed by atoms with Crippen molar-refractivity contribution >= 4 is 17.7 Å². The Kier molecular flexibility index (Phi) is 6.68. The van der Waals surface area contributed by atoms with Crippen LogP contribution in [0.2, 0.25) is 0 Å². The summed E-state index contributed by atoms with van der Waals surface area (Å²) in [6.45, 7) is 7.88. The van der Waals surface area contributed by atoms with Gasteiger partial charge in [0, 0.05) is 31.7 Å². The Morgan fingerprint density at radius 1 is 1.18 bits per heavy atom. The van der Waals surface area contributed by atoms with Gasteiger partial charge in [-0.3, -0.25) is 14.4 Å². The first-order chi connectivity index (χ1) is 15.8. The van der Waals surface area contributed by atoms with E-state index in [1.165, 1.54) is 6.92 Å². The van der Waals surface area contributed by atoms with E-state index >= 15 is 0 Å². The van der Waals surface area contributed by atoms with E-state index < -0.39 is 17.5 Å². The molecule has 1 N–H and O–H groups in total. The standard InChI is InChI=1S/C28H33NO4/c1-18-16-22-12-7-8-13-23(31)14-9-15-25(33-20(3)30)28(22)26(19(18)2)24(29-27(28)32)17-21-10-5-4-6-11-21/h4-7,9-12,15,19,22,24-26H,1,8,13-14,16-17H2,2-3H3,(H,29,32)/b12-7+,15-9+/t19-,22+,24?,25?,26?,28?/m1/s1. The second kappa shape index (κ2) is 9.50. The molecule has 0 bridgehead atoms. The molecule has 5 nitrogen and oxygen atoms in total. The molecule has 6 atom stereocenters. The maximum atomic E-state index is 14.0. The fraction of sp³-hybridized carbons (Fsp3) is 0.464. The number of carbonyl (C=O) groups is 3. The highest BCUT2D eigenvalue weighted by Gasteiger charge is 2.66. The highest BCUT2D eigenvalue weighted by Crippen LogP contribution is 2.58. The van der Waals surface area contributed by atoms with Crippen LogP contribution in [0.25, 0.3) is 0 Å². The summed E-state index contributed by atoms with van der Waals surface area (Å²) in [5, 5.41) is 3.29. The third-order valence-corrected chi connectivity index (χ3v) is 7.65. The molecule has 5 heteroatoms. The van der Waals surface area contributed by atoms with Crippen molar-refractivity contribution in [3.63, 3.8) is 0 Å². The van der Waals surface area contributed by atoms with Gasteiger partial charge in [-0.25, -0.2) is 0 Å². The quantitative estimate of drug-likeness (QED) is 0.553. The number of amides is 1.